The molecule has 126 valence electrons. The van der Waals surface area contributed by atoms with Gasteiger partial charge in [0.2, 0.25) is 0 Å². The molecule has 1 aromatic heterocycles. The van der Waals surface area contributed by atoms with Crippen molar-refractivity contribution < 1.29 is 13.9 Å². The Morgan fingerprint density at radius 2 is 1.88 bits per heavy atom. The van der Waals surface area contributed by atoms with Crippen molar-refractivity contribution in [1.29, 1.82) is 0 Å². The number of piperidine rings is 1. The van der Waals surface area contributed by atoms with Crippen molar-refractivity contribution in [1.82, 2.24) is 4.90 Å². The third-order valence-corrected chi connectivity index (χ3v) is 5.38. The monoisotopic (exact) mass is 325 g/mol. The number of fused-ring (bicyclic) bond motifs is 1. The Morgan fingerprint density at radius 3 is 2.58 bits per heavy atom. The first kappa shape index (κ1) is 15.3. The summed E-state index contributed by atoms with van der Waals surface area (Å²) in [5.74, 6) is 2.59. The molecule has 1 aromatic carbocycles. The van der Waals surface area contributed by atoms with Gasteiger partial charge >= 0.3 is 0 Å². The molecular weight excluding hydrogens is 302 g/mol. The smallest absolute Gasteiger partial charge is 0.257 e. The number of aryl methyl sites for hydroxylation is 3. The fraction of sp³-hybridized carbons (Fsp3) is 0.450. The number of ether oxygens (including phenoxy) is 1. The number of furan rings is 1. The molecule has 0 unspecified atom stereocenters. The van der Waals surface area contributed by atoms with E-state index in [4.69, 9.17) is 9.15 Å². The van der Waals surface area contributed by atoms with Gasteiger partial charge in [0.1, 0.15) is 22.9 Å². The number of hydrogen-bond acceptors (Lipinski definition) is 3. The summed E-state index contributed by atoms with van der Waals surface area (Å²) in [7, 11) is 0. The Balaban J connectivity index is 1.46. The van der Waals surface area contributed by atoms with E-state index in [-0.39, 0.29) is 11.5 Å². The minimum Gasteiger partial charge on any atom is -0.487 e. The third kappa shape index (κ3) is 2.60. The molecule has 0 radical (unpaired) electrons. The van der Waals surface area contributed by atoms with E-state index in [0.29, 0.717) is 11.3 Å². The minimum absolute atomic E-state index is 0.0791. The van der Waals surface area contributed by atoms with Crippen molar-refractivity contribution in [3.05, 3.63) is 53.0 Å². The first-order valence-electron chi connectivity index (χ1n) is 8.70. The molecule has 2 aliphatic rings. The van der Waals surface area contributed by atoms with Crippen molar-refractivity contribution in [3.8, 4) is 5.75 Å². The second-order valence-electron chi connectivity index (χ2n) is 7.01. The number of nitrogens with zero attached hydrogens (tertiary/aromatic N) is 1. The molecule has 4 nitrogen and oxygen atoms in total. The fourth-order valence-electron chi connectivity index (χ4n) is 3.94. The second-order valence-corrected chi connectivity index (χ2v) is 7.01. The maximum atomic E-state index is 12.7. The quantitative estimate of drug-likeness (QED) is 0.799. The standard InChI is InChI=1S/C20H23NO3/c1-14-13-17(15(2)23-14)19(22)21-11-9-20(10-12-21)8-7-16-5-3-4-6-18(16)24-20/h3-6,13H,7-12H2,1-2H3. The molecule has 0 aliphatic carbocycles. The Labute approximate surface area is 142 Å². The van der Waals surface area contributed by atoms with Crippen LogP contribution in [0.1, 0.15) is 46.7 Å². The van der Waals surface area contributed by atoms with Crippen molar-refractivity contribution in [2.45, 2.75) is 45.1 Å². The van der Waals surface area contributed by atoms with Crippen molar-refractivity contribution in [3.63, 3.8) is 0 Å². The third-order valence-electron chi connectivity index (χ3n) is 5.38. The molecule has 1 amide bonds. The van der Waals surface area contributed by atoms with E-state index < -0.39 is 0 Å². The summed E-state index contributed by atoms with van der Waals surface area (Å²) in [4.78, 5) is 14.7. The van der Waals surface area contributed by atoms with Crippen LogP contribution in [0.4, 0.5) is 0 Å². The van der Waals surface area contributed by atoms with E-state index in [1.165, 1.54) is 5.56 Å². The zero-order valence-corrected chi connectivity index (χ0v) is 14.3. The van der Waals surface area contributed by atoms with E-state index in [1.807, 2.05) is 30.9 Å². The van der Waals surface area contributed by atoms with Crippen LogP contribution in [0.25, 0.3) is 0 Å². The first-order valence-corrected chi connectivity index (χ1v) is 8.70. The maximum Gasteiger partial charge on any atom is 0.257 e. The number of benzene rings is 1. The van der Waals surface area contributed by atoms with Crippen LogP contribution in [0.15, 0.2) is 34.7 Å². The summed E-state index contributed by atoms with van der Waals surface area (Å²) >= 11 is 0. The van der Waals surface area contributed by atoms with Crippen LogP contribution in [0.3, 0.4) is 0 Å². The molecule has 4 heteroatoms. The number of likely N-dealkylation sites (tertiary alicyclic amines) is 1. The highest BCUT2D eigenvalue weighted by Crippen LogP contribution is 2.39. The molecule has 24 heavy (non-hydrogen) atoms. The van der Waals surface area contributed by atoms with Gasteiger partial charge in [0.15, 0.2) is 0 Å². The molecule has 1 fully saturated rings. The minimum atomic E-state index is -0.105. The van der Waals surface area contributed by atoms with Gasteiger partial charge in [-0.05, 0) is 44.4 Å². The summed E-state index contributed by atoms with van der Waals surface area (Å²) in [5.41, 5.74) is 1.89. The number of hydrogen-bond donors (Lipinski definition) is 0. The Bertz CT molecular complexity index is 769. The van der Waals surface area contributed by atoms with Gasteiger partial charge in [0.05, 0.1) is 5.56 Å². The zero-order chi connectivity index (χ0) is 16.7. The van der Waals surface area contributed by atoms with Gasteiger partial charge in [-0.15, -0.1) is 0 Å². The molecule has 2 aliphatic heterocycles. The lowest BCUT2D eigenvalue weighted by Crippen LogP contribution is -2.51. The van der Waals surface area contributed by atoms with Crippen molar-refractivity contribution in [2.24, 2.45) is 0 Å². The highest BCUT2D eigenvalue weighted by Gasteiger charge is 2.40. The van der Waals surface area contributed by atoms with Gasteiger partial charge in [0.25, 0.3) is 5.91 Å². The lowest BCUT2D eigenvalue weighted by Gasteiger charge is -2.44. The van der Waals surface area contributed by atoms with Crippen molar-refractivity contribution in [2.75, 3.05) is 13.1 Å². The summed E-state index contributed by atoms with van der Waals surface area (Å²) in [5, 5.41) is 0. The summed E-state index contributed by atoms with van der Waals surface area (Å²) in [6.07, 6.45) is 3.88. The van der Waals surface area contributed by atoms with Crippen molar-refractivity contribution >= 4 is 5.91 Å². The molecule has 2 aromatic rings. The highest BCUT2D eigenvalue weighted by atomic mass is 16.5. The number of carbonyl (C=O) groups is 1. The van der Waals surface area contributed by atoms with Gasteiger partial charge in [0, 0.05) is 25.9 Å². The number of rotatable bonds is 1. The molecule has 0 atom stereocenters. The van der Waals surface area contributed by atoms with Crippen LogP contribution in [0.5, 0.6) is 5.75 Å². The Kier molecular flexibility index (Phi) is 3.63. The van der Waals surface area contributed by atoms with E-state index in [2.05, 4.69) is 18.2 Å². The summed E-state index contributed by atoms with van der Waals surface area (Å²) < 4.78 is 11.9. The van der Waals surface area contributed by atoms with Crippen LogP contribution in [0.2, 0.25) is 0 Å². The van der Waals surface area contributed by atoms with Crippen LogP contribution in [-0.4, -0.2) is 29.5 Å². The first-order chi connectivity index (χ1) is 11.6. The topological polar surface area (TPSA) is 42.7 Å². The largest absolute Gasteiger partial charge is 0.487 e. The SMILES string of the molecule is Cc1cc(C(=O)N2CCC3(CCc4ccccc4O3)CC2)c(C)o1. The van der Waals surface area contributed by atoms with Crippen LogP contribution in [0, 0.1) is 13.8 Å². The highest BCUT2D eigenvalue weighted by molar-refractivity contribution is 5.95. The van der Waals surface area contributed by atoms with Gasteiger partial charge in [-0.25, -0.2) is 0 Å². The number of carbonyl (C=O) groups excluding carboxylic acids is 1. The molecule has 0 bridgehead atoms. The predicted octanol–water partition coefficient (Wildman–Crippen LogP) is 3.90. The lowest BCUT2D eigenvalue weighted by molar-refractivity contribution is -0.0107. The summed E-state index contributed by atoms with van der Waals surface area (Å²) in [6, 6.07) is 10.1. The zero-order valence-electron chi connectivity index (χ0n) is 14.3. The second kappa shape index (κ2) is 5.69. The molecule has 0 N–H and O–H groups in total. The Hall–Kier alpha value is -2.23. The number of amides is 1. The normalized spacial score (nSPS) is 19.0. The molecule has 3 heterocycles. The van der Waals surface area contributed by atoms with Gasteiger partial charge < -0.3 is 14.1 Å². The summed E-state index contributed by atoms with van der Waals surface area (Å²) in [6.45, 7) is 5.21. The van der Waals surface area contributed by atoms with E-state index in [0.717, 1.165) is 50.3 Å². The average molecular weight is 325 g/mol. The fourth-order valence-corrected chi connectivity index (χ4v) is 3.94. The Morgan fingerprint density at radius 1 is 1.12 bits per heavy atom. The van der Waals surface area contributed by atoms with E-state index in [9.17, 15) is 4.79 Å². The molecule has 4 rings (SSSR count). The van der Waals surface area contributed by atoms with Crippen LogP contribution >= 0.6 is 0 Å². The van der Waals surface area contributed by atoms with Gasteiger partial charge in [-0.1, -0.05) is 18.2 Å². The van der Waals surface area contributed by atoms with E-state index in [1.54, 1.807) is 0 Å². The molecule has 1 saturated heterocycles. The number of para-hydroxylation sites is 1. The molecular formula is C20H23NO3. The van der Waals surface area contributed by atoms with Gasteiger partial charge in [-0.2, -0.15) is 0 Å². The molecule has 0 saturated carbocycles. The van der Waals surface area contributed by atoms with E-state index >= 15 is 0 Å². The predicted molar refractivity (Wildman–Crippen MR) is 91.4 cm³/mol. The van der Waals surface area contributed by atoms with Gasteiger partial charge in [-0.3, -0.25) is 4.79 Å². The molecule has 1 spiro atoms. The average Bonchev–Trinajstić information content (AvgIpc) is 2.93. The van der Waals surface area contributed by atoms with Crippen LogP contribution in [-0.2, 0) is 6.42 Å². The van der Waals surface area contributed by atoms with Crippen LogP contribution < -0.4 is 4.74 Å². The maximum absolute atomic E-state index is 12.7. The lowest BCUT2D eigenvalue weighted by atomic mass is 9.83.